The van der Waals surface area contributed by atoms with Crippen molar-refractivity contribution in [3.05, 3.63) is 22.3 Å². The molecule has 0 atom stereocenters. The van der Waals surface area contributed by atoms with Crippen molar-refractivity contribution < 1.29 is 4.74 Å². The van der Waals surface area contributed by atoms with E-state index in [0.29, 0.717) is 5.25 Å². The summed E-state index contributed by atoms with van der Waals surface area (Å²) < 4.78 is 6.45. The molecule has 4 heteroatoms. The third-order valence-corrected chi connectivity index (χ3v) is 4.61. The van der Waals surface area contributed by atoms with Crippen molar-refractivity contribution in [3.8, 4) is 0 Å². The van der Waals surface area contributed by atoms with Crippen molar-refractivity contribution in [1.82, 2.24) is 4.98 Å². The average molecular weight is 288 g/mol. The quantitative estimate of drug-likeness (QED) is 0.832. The van der Waals surface area contributed by atoms with Gasteiger partial charge in [0.15, 0.2) is 0 Å². The Morgan fingerprint density at radius 3 is 2.87 bits per heavy atom. The summed E-state index contributed by atoms with van der Waals surface area (Å²) in [5, 5.41) is 1.76. The molecule has 0 N–H and O–H groups in total. The molecule has 0 aromatic carbocycles. The van der Waals surface area contributed by atoms with Crippen molar-refractivity contribution in [3.63, 3.8) is 0 Å². The van der Waals surface area contributed by atoms with Crippen LogP contribution in [-0.4, -0.2) is 23.4 Å². The number of rotatable bonds is 2. The Labute approximate surface area is 103 Å². The largest absolute Gasteiger partial charge is 0.381 e. The van der Waals surface area contributed by atoms with Crippen LogP contribution in [0.5, 0.6) is 0 Å². The molecular formula is C11H14BrNOS. The summed E-state index contributed by atoms with van der Waals surface area (Å²) in [5.74, 6) is 0. The molecule has 2 rings (SSSR count). The molecule has 0 bridgehead atoms. The number of halogens is 1. The van der Waals surface area contributed by atoms with Crippen LogP contribution in [0.4, 0.5) is 0 Å². The van der Waals surface area contributed by atoms with Gasteiger partial charge in [0, 0.05) is 24.7 Å². The molecule has 1 aliphatic rings. The topological polar surface area (TPSA) is 22.1 Å². The van der Waals surface area contributed by atoms with Gasteiger partial charge in [-0.1, -0.05) is 0 Å². The first kappa shape index (κ1) is 11.4. The molecule has 0 spiro atoms. The van der Waals surface area contributed by atoms with Gasteiger partial charge in [0.1, 0.15) is 5.03 Å². The fourth-order valence-electron chi connectivity index (χ4n) is 1.56. The van der Waals surface area contributed by atoms with E-state index in [4.69, 9.17) is 4.74 Å². The second-order valence-electron chi connectivity index (χ2n) is 3.73. The standard InChI is InChI=1S/C11H14BrNOS/c1-8-6-10(12)11(13-7-8)15-9-2-4-14-5-3-9/h6-7,9H,2-5H2,1H3. The molecule has 1 saturated heterocycles. The number of aromatic nitrogens is 1. The van der Waals surface area contributed by atoms with Gasteiger partial charge in [0.05, 0.1) is 4.47 Å². The third-order valence-electron chi connectivity index (χ3n) is 2.39. The van der Waals surface area contributed by atoms with E-state index in [2.05, 4.69) is 33.9 Å². The molecule has 1 aliphatic heterocycles. The number of ether oxygens (including phenoxy) is 1. The highest BCUT2D eigenvalue weighted by atomic mass is 79.9. The number of hydrogen-bond donors (Lipinski definition) is 0. The van der Waals surface area contributed by atoms with Gasteiger partial charge in [-0.05, 0) is 47.3 Å². The van der Waals surface area contributed by atoms with Crippen molar-refractivity contribution in [2.75, 3.05) is 13.2 Å². The van der Waals surface area contributed by atoms with Crippen LogP contribution in [0.15, 0.2) is 21.8 Å². The summed E-state index contributed by atoms with van der Waals surface area (Å²) in [6, 6.07) is 2.12. The van der Waals surface area contributed by atoms with Crippen molar-refractivity contribution >= 4 is 27.7 Å². The summed E-state index contributed by atoms with van der Waals surface area (Å²) in [7, 11) is 0. The highest BCUT2D eigenvalue weighted by molar-refractivity contribution is 9.10. The predicted octanol–water partition coefficient (Wildman–Crippen LogP) is 3.42. The van der Waals surface area contributed by atoms with Crippen LogP contribution in [0.2, 0.25) is 0 Å². The Balaban J connectivity index is 2.03. The Morgan fingerprint density at radius 1 is 1.47 bits per heavy atom. The molecule has 2 nitrogen and oxygen atoms in total. The van der Waals surface area contributed by atoms with E-state index in [0.717, 1.165) is 35.6 Å². The molecule has 1 aromatic heterocycles. The Hall–Kier alpha value is -0.0600. The van der Waals surface area contributed by atoms with Crippen LogP contribution in [0.3, 0.4) is 0 Å². The maximum absolute atomic E-state index is 5.34. The lowest BCUT2D eigenvalue weighted by molar-refractivity contribution is 0.1000. The summed E-state index contributed by atoms with van der Waals surface area (Å²) in [5.41, 5.74) is 1.19. The van der Waals surface area contributed by atoms with Crippen LogP contribution >= 0.6 is 27.7 Å². The smallest absolute Gasteiger partial charge is 0.110 e. The highest BCUT2D eigenvalue weighted by Gasteiger charge is 2.16. The normalized spacial score (nSPS) is 18.0. The van der Waals surface area contributed by atoms with E-state index in [1.54, 1.807) is 0 Å². The average Bonchev–Trinajstić information content (AvgIpc) is 2.24. The maximum Gasteiger partial charge on any atom is 0.110 e. The second kappa shape index (κ2) is 5.32. The third kappa shape index (κ3) is 3.20. The zero-order valence-corrected chi connectivity index (χ0v) is 11.1. The molecule has 0 saturated carbocycles. The fourth-order valence-corrected chi connectivity index (χ4v) is 3.33. The van der Waals surface area contributed by atoms with Gasteiger partial charge in [-0.3, -0.25) is 0 Å². The van der Waals surface area contributed by atoms with Crippen LogP contribution in [0.25, 0.3) is 0 Å². The molecule has 1 aromatic rings. The Bertz CT molecular complexity index is 339. The maximum atomic E-state index is 5.34. The number of hydrogen-bond acceptors (Lipinski definition) is 3. The van der Waals surface area contributed by atoms with E-state index < -0.39 is 0 Å². The zero-order valence-electron chi connectivity index (χ0n) is 8.70. The molecule has 0 amide bonds. The number of aryl methyl sites for hydroxylation is 1. The lowest BCUT2D eigenvalue weighted by Gasteiger charge is -2.21. The minimum Gasteiger partial charge on any atom is -0.381 e. The lowest BCUT2D eigenvalue weighted by atomic mass is 10.2. The Kier molecular flexibility index (Phi) is 4.05. The van der Waals surface area contributed by atoms with Gasteiger partial charge in [-0.25, -0.2) is 4.98 Å². The molecule has 0 unspecified atom stereocenters. The predicted molar refractivity (Wildman–Crippen MR) is 66.4 cm³/mol. The minimum absolute atomic E-state index is 0.658. The SMILES string of the molecule is Cc1cnc(SC2CCOCC2)c(Br)c1. The van der Waals surface area contributed by atoms with E-state index >= 15 is 0 Å². The van der Waals surface area contributed by atoms with E-state index in [9.17, 15) is 0 Å². The molecule has 2 heterocycles. The summed E-state index contributed by atoms with van der Waals surface area (Å²) in [6.07, 6.45) is 4.19. The van der Waals surface area contributed by atoms with Crippen molar-refractivity contribution in [2.24, 2.45) is 0 Å². The molecular weight excluding hydrogens is 274 g/mol. The van der Waals surface area contributed by atoms with Crippen LogP contribution < -0.4 is 0 Å². The van der Waals surface area contributed by atoms with Crippen molar-refractivity contribution in [2.45, 2.75) is 30.0 Å². The number of thioether (sulfide) groups is 1. The van der Waals surface area contributed by atoms with Gasteiger partial charge in [-0.2, -0.15) is 0 Å². The zero-order chi connectivity index (χ0) is 10.7. The van der Waals surface area contributed by atoms with Gasteiger partial charge in [0.2, 0.25) is 0 Å². The Morgan fingerprint density at radius 2 is 2.20 bits per heavy atom. The molecule has 15 heavy (non-hydrogen) atoms. The van der Waals surface area contributed by atoms with Gasteiger partial charge in [-0.15, -0.1) is 11.8 Å². The summed E-state index contributed by atoms with van der Waals surface area (Å²) in [4.78, 5) is 4.45. The molecule has 82 valence electrons. The number of nitrogens with zero attached hydrogens (tertiary/aromatic N) is 1. The second-order valence-corrected chi connectivity index (χ2v) is 5.87. The van der Waals surface area contributed by atoms with E-state index in [1.807, 2.05) is 18.0 Å². The molecule has 0 radical (unpaired) electrons. The monoisotopic (exact) mass is 287 g/mol. The van der Waals surface area contributed by atoms with Crippen LogP contribution in [-0.2, 0) is 4.74 Å². The molecule has 0 aliphatic carbocycles. The summed E-state index contributed by atoms with van der Waals surface area (Å²) >= 11 is 5.42. The number of pyridine rings is 1. The first-order valence-corrected chi connectivity index (χ1v) is 6.79. The van der Waals surface area contributed by atoms with Crippen LogP contribution in [0, 0.1) is 6.92 Å². The van der Waals surface area contributed by atoms with Crippen LogP contribution in [0.1, 0.15) is 18.4 Å². The van der Waals surface area contributed by atoms with Crippen molar-refractivity contribution in [1.29, 1.82) is 0 Å². The fraction of sp³-hybridized carbons (Fsp3) is 0.545. The van der Waals surface area contributed by atoms with Gasteiger partial charge < -0.3 is 4.74 Å². The van der Waals surface area contributed by atoms with E-state index in [-0.39, 0.29) is 0 Å². The molecule has 1 fully saturated rings. The van der Waals surface area contributed by atoms with E-state index in [1.165, 1.54) is 5.56 Å². The lowest BCUT2D eigenvalue weighted by Crippen LogP contribution is -2.17. The first-order chi connectivity index (χ1) is 7.25. The summed E-state index contributed by atoms with van der Waals surface area (Å²) in [6.45, 7) is 3.84. The highest BCUT2D eigenvalue weighted by Crippen LogP contribution is 2.33. The van der Waals surface area contributed by atoms with Gasteiger partial charge in [0.25, 0.3) is 0 Å². The first-order valence-electron chi connectivity index (χ1n) is 5.12. The van der Waals surface area contributed by atoms with Gasteiger partial charge >= 0.3 is 0 Å². The minimum atomic E-state index is 0.658.